The first-order chi connectivity index (χ1) is 16.0. The number of aryl methyl sites for hydroxylation is 1. The molecule has 3 aromatic rings. The molecular formula is C26H33N5O2. The minimum absolute atomic E-state index is 0.0580. The summed E-state index contributed by atoms with van der Waals surface area (Å²) in [6.07, 6.45) is 1.66. The Morgan fingerprint density at radius 2 is 1.70 bits per heavy atom. The Morgan fingerprint density at radius 1 is 1.00 bits per heavy atom. The van der Waals surface area contributed by atoms with Gasteiger partial charge in [0.15, 0.2) is 5.96 Å². The number of guanidine groups is 1. The summed E-state index contributed by atoms with van der Waals surface area (Å²) in [5.74, 6) is 1.36. The number of hydrogen-bond acceptors (Lipinski definition) is 4. The second-order valence-electron chi connectivity index (χ2n) is 7.73. The fourth-order valence-electron chi connectivity index (χ4n) is 3.35. The van der Waals surface area contributed by atoms with E-state index in [0.29, 0.717) is 43.6 Å². The zero-order valence-electron chi connectivity index (χ0n) is 19.9. The molecule has 1 aromatic heterocycles. The lowest BCUT2D eigenvalue weighted by molar-refractivity contribution is 0.0773. The maximum Gasteiger partial charge on any atom is 0.253 e. The Labute approximate surface area is 195 Å². The third-order valence-electron chi connectivity index (χ3n) is 5.30. The first-order valence-electron chi connectivity index (χ1n) is 11.5. The van der Waals surface area contributed by atoms with E-state index < -0.39 is 0 Å². The Hall–Kier alpha value is -3.61. The maximum atomic E-state index is 12.5. The minimum atomic E-state index is 0.0580. The first-order valence-corrected chi connectivity index (χ1v) is 11.5. The summed E-state index contributed by atoms with van der Waals surface area (Å²) in [4.78, 5) is 23.5. The molecular weight excluding hydrogens is 414 g/mol. The van der Waals surface area contributed by atoms with Crippen LogP contribution in [-0.4, -0.2) is 41.4 Å². The van der Waals surface area contributed by atoms with Gasteiger partial charge in [0.1, 0.15) is 6.26 Å². The summed E-state index contributed by atoms with van der Waals surface area (Å²) >= 11 is 0. The van der Waals surface area contributed by atoms with Gasteiger partial charge in [-0.1, -0.05) is 29.8 Å². The molecule has 0 aliphatic heterocycles. The number of nitrogens with one attached hydrogen (secondary N) is 2. The number of oxazole rings is 1. The predicted molar refractivity (Wildman–Crippen MR) is 132 cm³/mol. The van der Waals surface area contributed by atoms with E-state index in [1.807, 2.05) is 74.2 Å². The molecule has 0 radical (unpaired) electrons. The van der Waals surface area contributed by atoms with Gasteiger partial charge in [-0.3, -0.25) is 4.79 Å². The van der Waals surface area contributed by atoms with Crippen LogP contribution in [0.5, 0.6) is 0 Å². The number of amides is 1. The number of carbonyl (C=O) groups excluding carboxylic acids is 1. The van der Waals surface area contributed by atoms with Gasteiger partial charge in [0, 0.05) is 30.8 Å². The van der Waals surface area contributed by atoms with E-state index >= 15 is 0 Å². The van der Waals surface area contributed by atoms with Gasteiger partial charge < -0.3 is 20.0 Å². The zero-order valence-corrected chi connectivity index (χ0v) is 19.9. The van der Waals surface area contributed by atoms with Crippen LogP contribution in [0.3, 0.4) is 0 Å². The van der Waals surface area contributed by atoms with Crippen LogP contribution in [0.15, 0.2) is 64.2 Å². The van der Waals surface area contributed by atoms with Crippen molar-refractivity contribution >= 4 is 11.9 Å². The van der Waals surface area contributed by atoms with Crippen molar-refractivity contribution in [2.45, 2.75) is 40.8 Å². The van der Waals surface area contributed by atoms with Gasteiger partial charge >= 0.3 is 0 Å². The van der Waals surface area contributed by atoms with Crippen molar-refractivity contribution in [3.8, 4) is 11.5 Å². The van der Waals surface area contributed by atoms with Crippen LogP contribution in [0.1, 0.15) is 48.0 Å². The molecule has 0 bridgehead atoms. The van der Waals surface area contributed by atoms with Gasteiger partial charge in [-0.05, 0) is 57.5 Å². The fraction of sp³-hybridized carbons (Fsp3) is 0.346. The smallest absolute Gasteiger partial charge is 0.253 e. The summed E-state index contributed by atoms with van der Waals surface area (Å²) in [7, 11) is 0. The molecule has 33 heavy (non-hydrogen) atoms. The number of aromatic nitrogens is 1. The van der Waals surface area contributed by atoms with Gasteiger partial charge in [0.05, 0.1) is 18.8 Å². The third kappa shape index (κ3) is 6.68. The van der Waals surface area contributed by atoms with Crippen LogP contribution < -0.4 is 10.6 Å². The quantitative estimate of drug-likeness (QED) is 0.376. The third-order valence-corrected chi connectivity index (χ3v) is 5.30. The topological polar surface area (TPSA) is 82.8 Å². The SMILES string of the molecule is CCNC(=NCc1ccc(C(=O)N(CC)CC)cc1)NCc1coc(-c2ccc(C)cc2)n1. The average Bonchev–Trinajstić information content (AvgIpc) is 3.31. The van der Waals surface area contributed by atoms with E-state index in [1.165, 1.54) is 5.56 Å². The van der Waals surface area contributed by atoms with Gasteiger partial charge in [-0.2, -0.15) is 0 Å². The van der Waals surface area contributed by atoms with E-state index in [0.717, 1.165) is 23.4 Å². The first kappa shape index (κ1) is 24.0. The standard InChI is InChI=1S/C26H33N5O2/c1-5-27-26(28-16-20-10-14-22(15-11-20)25(32)31(6-2)7-3)29-17-23-18-33-24(30-23)21-12-8-19(4)9-13-21/h8-15,18H,5-7,16-17H2,1-4H3,(H2,27,28,29). The summed E-state index contributed by atoms with van der Waals surface area (Å²) in [5, 5.41) is 6.54. The van der Waals surface area contributed by atoms with Crippen molar-refractivity contribution in [3.05, 3.63) is 77.2 Å². The second kappa shape index (κ2) is 11.9. The number of aliphatic imine (C=N–C) groups is 1. The lowest BCUT2D eigenvalue weighted by Gasteiger charge is -2.18. The molecule has 7 nitrogen and oxygen atoms in total. The summed E-state index contributed by atoms with van der Waals surface area (Å²) in [6.45, 7) is 11.2. The molecule has 0 aliphatic carbocycles. The van der Waals surface area contributed by atoms with Crippen molar-refractivity contribution in [3.63, 3.8) is 0 Å². The lowest BCUT2D eigenvalue weighted by Crippen LogP contribution is -2.36. The molecule has 174 valence electrons. The van der Waals surface area contributed by atoms with Crippen molar-refractivity contribution in [1.29, 1.82) is 0 Å². The van der Waals surface area contributed by atoms with E-state index in [4.69, 9.17) is 4.42 Å². The van der Waals surface area contributed by atoms with Gasteiger partial charge in [-0.15, -0.1) is 0 Å². The number of nitrogens with zero attached hydrogens (tertiary/aromatic N) is 3. The molecule has 2 N–H and O–H groups in total. The Balaban J connectivity index is 1.59. The van der Waals surface area contributed by atoms with Crippen LogP contribution in [-0.2, 0) is 13.1 Å². The monoisotopic (exact) mass is 447 g/mol. The normalized spacial score (nSPS) is 11.3. The van der Waals surface area contributed by atoms with Crippen molar-refractivity contribution in [2.24, 2.45) is 4.99 Å². The van der Waals surface area contributed by atoms with Gasteiger partial charge in [-0.25, -0.2) is 9.98 Å². The Bertz CT molecular complexity index is 1050. The molecule has 0 atom stereocenters. The molecule has 3 rings (SSSR count). The molecule has 1 amide bonds. The zero-order chi connectivity index (χ0) is 23.6. The fourth-order valence-corrected chi connectivity index (χ4v) is 3.35. The van der Waals surface area contributed by atoms with Gasteiger partial charge in [0.25, 0.3) is 5.91 Å². The summed E-state index contributed by atoms with van der Waals surface area (Å²) < 4.78 is 5.63. The highest BCUT2D eigenvalue weighted by atomic mass is 16.3. The molecule has 0 spiro atoms. The predicted octanol–water partition coefficient (Wildman–Crippen LogP) is 4.39. The molecule has 0 aliphatic rings. The number of hydrogen-bond donors (Lipinski definition) is 2. The average molecular weight is 448 g/mol. The van der Waals surface area contributed by atoms with Gasteiger partial charge in [0.2, 0.25) is 5.89 Å². The van der Waals surface area contributed by atoms with Crippen LogP contribution in [0, 0.1) is 6.92 Å². The molecule has 2 aromatic carbocycles. The highest BCUT2D eigenvalue weighted by molar-refractivity contribution is 5.94. The molecule has 0 unspecified atom stereocenters. The van der Waals surface area contributed by atoms with Crippen molar-refractivity contribution < 1.29 is 9.21 Å². The number of carbonyl (C=O) groups is 1. The number of benzene rings is 2. The Kier molecular flexibility index (Phi) is 8.63. The van der Waals surface area contributed by atoms with E-state index in [9.17, 15) is 4.79 Å². The largest absolute Gasteiger partial charge is 0.444 e. The second-order valence-corrected chi connectivity index (χ2v) is 7.73. The summed E-state index contributed by atoms with van der Waals surface area (Å²) in [5.41, 5.74) is 4.69. The molecule has 1 heterocycles. The van der Waals surface area contributed by atoms with Crippen LogP contribution in [0.2, 0.25) is 0 Å². The number of rotatable bonds is 9. The van der Waals surface area contributed by atoms with Crippen molar-refractivity contribution in [2.75, 3.05) is 19.6 Å². The lowest BCUT2D eigenvalue weighted by atomic mass is 10.1. The highest BCUT2D eigenvalue weighted by Crippen LogP contribution is 2.19. The Morgan fingerprint density at radius 3 is 2.33 bits per heavy atom. The molecule has 7 heteroatoms. The maximum absolute atomic E-state index is 12.5. The molecule has 0 saturated carbocycles. The van der Waals surface area contributed by atoms with E-state index in [2.05, 4.69) is 27.5 Å². The summed E-state index contributed by atoms with van der Waals surface area (Å²) in [6, 6.07) is 15.7. The minimum Gasteiger partial charge on any atom is -0.444 e. The van der Waals surface area contributed by atoms with Crippen LogP contribution in [0.4, 0.5) is 0 Å². The van der Waals surface area contributed by atoms with Crippen LogP contribution >= 0.6 is 0 Å². The van der Waals surface area contributed by atoms with Crippen molar-refractivity contribution in [1.82, 2.24) is 20.5 Å². The van der Waals surface area contributed by atoms with Crippen LogP contribution in [0.25, 0.3) is 11.5 Å². The molecule has 0 saturated heterocycles. The van der Waals surface area contributed by atoms with E-state index in [1.54, 1.807) is 6.26 Å². The highest BCUT2D eigenvalue weighted by Gasteiger charge is 2.12. The molecule has 0 fully saturated rings. The van der Waals surface area contributed by atoms with E-state index in [-0.39, 0.29) is 5.91 Å².